The summed E-state index contributed by atoms with van der Waals surface area (Å²) in [6.07, 6.45) is 3.23. The van der Waals surface area contributed by atoms with E-state index in [9.17, 15) is 19.5 Å². The van der Waals surface area contributed by atoms with Crippen LogP contribution in [0.15, 0.2) is 30.6 Å². The highest BCUT2D eigenvalue weighted by Crippen LogP contribution is 2.28. The maximum absolute atomic E-state index is 12.1. The van der Waals surface area contributed by atoms with E-state index in [0.717, 1.165) is 29.9 Å². The van der Waals surface area contributed by atoms with Gasteiger partial charge in [-0.1, -0.05) is 39.0 Å². The van der Waals surface area contributed by atoms with Gasteiger partial charge in [0, 0.05) is 36.7 Å². The van der Waals surface area contributed by atoms with Crippen molar-refractivity contribution in [3.8, 4) is 5.69 Å². The number of benzene rings is 1. The molecule has 2 N–H and O–H groups in total. The second-order valence-electron chi connectivity index (χ2n) is 8.81. The van der Waals surface area contributed by atoms with E-state index in [0.29, 0.717) is 19.3 Å². The van der Waals surface area contributed by atoms with Gasteiger partial charge < -0.3 is 24.5 Å². The van der Waals surface area contributed by atoms with Crippen molar-refractivity contribution in [2.75, 3.05) is 6.54 Å². The first kappa shape index (κ1) is 25.3. The Labute approximate surface area is 199 Å². The van der Waals surface area contributed by atoms with Gasteiger partial charge in [0.05, 0.1) is 17.9 Å². The molecular weight excluding hydrogens is 438 g/mol. The monoisotopic (exact) mass is 471 g/mol. The molecule has 9 nitrogen and oxygen atoms in total. The summed E-state index contributed by atoms with van der Waals surface area (Å²) in [6.45, 7) is 5.48. The molecule has 2 atom stereocenters. The minimum absolute atomic E-state index is 0.189. The molecule has 0 bridgehead atoms. The highest BCUT2D eigenvalue weighted by molar-refractivity contribution is 5.71. The van der Waals surface area contributed by atoms with Gasteiger partial charge in [0.25, 0.3) is 6.29 Å². The van der Waals surface area contributed by atoms with E-state index in [-0.39, 0.29) is 18.9 Å². The van der Waals surface area contributed by atoms with Gasteiger partial charge in [-0.3, -0.25) is 9.59 Å². The minimum Gasteiger partial charge on any atom is -0.481 e. The Kier molecular flexibility index (Phi) is 8.67. The predicted molar refractivity (Wildman–Crippen MR) is 125 cm³/mol. The van der Waals surface area contributed by atoms with Crippen LogP contribution in [0.1, 0.15) is 57.0 Å². The van der Waals surface area contributed by atoms with Gasteiger partial charge >= 0.3 is 18.0 Å². The highest BCUT2D eigenvalue weighted by Gasteiger charge is 2.25. The zero-order valence-electron chi connectivity index (χ0n) is 20.0. The Morgan fingerprint density at radius 1 is 1.18 bits per heavy atom. The van der Waals surface area contributed by atoms with Gasteiger partial charge in [0.1, 0.15) is 0 Å². The van der Waals surface area contributed by atoms with Crippen molar-refractivity contribution in [2.24, 2.45) is 11.8 Å². The third-order valence-electron chi connectivity index (χ3n) is 5.93. The molecule has 1 aromatic heterocycles. The van der Waals surface area contributed by atoms with Gasteiger partial charge in [-0.2, -0.15) is 0 Å². The summed E-state index contributed by atoms with van der Waals surface area (Å²) >= 11 is 0. The second-order valence-corrected chi connectivity index (χ2v) is 8.81. The molecule has 2 heterocycles. The summed E-state index contributed by atoms with van der Waals surface area (Å²) in [4.78, 5) is 40.0. The van der Waals surface area contributed by atoms with Crippen LogP contribution in [0.3, 0.4) is 0 Å². The first-order valence-corrected chi connectivity index (χ1v) is 11.8. The fourth-order valence-corrected chi connectivity index (χ4v) is 4.01. The van der Waals surface area contributed by atoms with Gasteiger partial charge in [-0.15, -0.1) is 0 Å². The topological polar surface area (TPSA) is 120 Å². The normalized spacial score (nSPS) is 14.0. The van der Waals surface area contributed by atoms with Crippen LogP contribution in [-0.2, 0) is 38.3 Å². The molecular formula is C25H33N3O6. The third kappa shape index (κ3) is 6.36. The van der Waals surface area contributed by atoms with Crippen LogP contribution in [0.4, 0.5) is 4.79 Å². The number of imidazole rings is 1. The summed E-state index contributed by atoms with van der Waals surface area (Å²) in [5.41, 5.74) is 4.23. The molecule has 3 rings (SSSR count). The maximum Gasteiger partial charge on any atom is 0.410 e. The van der Waals surface area contributed by atoms with E-state index < -0.39 is 30.2 Å². The number of nitrogens with zero attached hydrogens (tertiary/aromatic N) is 2. The number of carboxylic acids is 1. The number of carboxylic acid groups (broad SMARTS) is 1. The van der Waals surface area contributed by atoms with Crippen molar-refractivity contribution in [3.05, 3.63) is 47.5 Å². The Morgan fingerprint density at radius 2 is 1.94 bits per heavy atom. The number of fused-ring (bicyclic) bond motifs is 3. The Morgan fingerprint density at radius 3 is 2.65 bits per heavy atom. The van der Waals surface area contributed by atoms with E-state index in [4.69, 9.17) is 9.47 Å². The molecule has 0 aliphatic carbocycles. The van der Waals surface area contributed by atoms with Crippen LogP contribution in [0.25, 0.3) is 5.69 Å². The summed E-state index contributed by atoms with van der Waals surface area (Å²) in [7, 11) is 0. The van der Waals surface area contributed by atoms with Gasteiger partial charge in [-0.05, 0) is 37.3 Å². The number of carbonyl (C=O) groups is 3. The Hall–Kier alpha value is -3.36. The number of nitrogens with one attached hydrogen (secondary N) is 1. The fourth-order valence-electron chi connectivity index (χ4n) is 4.01. The molecule has 0 spiro atoms. The molecule has 0 saturated heterocycles. The van der Waals surface area contributed by atoms with E-state index in [1.54, 1.807) is 27.1 Å². The molecule has 1 amide bonds. The number of esters is 1. The van der Waals surface area contributed by atoms with Crippen LogP contribution in [-0.4, -0.2) is 45.5 Å². The number of carbonyl (C=O) groups excluding carboxylic acids is 2. The summed E-state index contributed by atoms with van der Waals surface area (Å²) in [5.74, 6) is -2.12. The highest BCUT2D eigenvalue weighted by atomic mass is 16.7. The number of aromatic nitrogens is 2. The van der Waals surface area contributed by atoms with Crippen LogP contribution >= 0.6 is 0 Å². The van der Waals surface area contributed by atoms with Gasteiger partial charge in [-0.25, -0.2) is 9.78 Å². The molecule has 1 aromatic carbocycles. The van der Waals surface area contributed by atoms with E-state index in [2.05, 4.69) is 27.0 Å². The first-order chi connectivity index (χ1) is 16.3. The summed E-state index contributed by atoms with van der Waals surface area (Å²) in [6, 6.07) is 8.17. The number of amides is 1. The number of hydrogen-bond acceptors (Lipinski definition) is 6. The largest absolute Gasteiger partial charge is 0.481 e. The van der Waals surface area contributed by atoms with Crippen LogP contribution in [0.2, 0.25) is 0 Å². The standard InChI is InChI=1S/C25H33N3O6/c1-4-22(29)33-24(16(2)3)34-25(32)26-13-7-9-18(23(30)31)14-19-21-12-11-17-8-5-6-10-20(17)28(21)15-27-19/h5-6,8,10,15-16,18,24H,4,7,9,11-14H2,1-3H3,(H,26,32)(H,30,31)/t18-,24?/m0/s1. The molecule has 1 unspecified atom stereocenters. The molecule has 184 valence electrons. The van der Waals surface area contributed by atoms with Crippen molar-refractivity contribution in [2.45, 2.75) is 65.6 Å². The lowest BCUT2D eigenvalue weighted by molar-refractivity contribution is -0.174. The SMILES string of the molecule is CCC(=O)OC(OC(=O)NCCC[C@@H](Cc1ncn2c1CCc1ccccc1-2)C(=O)O)C(C)C. The van der Waals surface area contributed by atoms with Crippen molar-refractivity contribution in [1.82, 2.24) is 14.9 Å². The van der Waals surface area contributed by atoms with E-state index in [1.807, 2.05) is 12.1 Å². The van der Waals surface area contributed by atoms with Crippen molar-refractivity contribution >= 4 is 18.0 Å². The zero-order valence-corrected chi connectivity index (χ0v) is 20.0. The predicted octanol–water partition coefficient (Wildman–Crippen LogP) is 3.66. The number of hydrogen-bond donors (Lipinski definition) is 2. The fraction of sp³-hybridized carbons (Fsp3) is 0.520. The number of aliphatic carboxylic acids is 1. The summed E-state index contributed by atoms with van der Waals surface area (Å²) < 4.78 is 12.4. The van der Waals surface area contributed by atoms with Crippen molar-refractivity contribution < 1.29 is 29.0 Å². The van der Waals surface area contributed by atoms with Crippen LogP contribution < -0.4 is 5.32 Å². The van der Waals surface area contributed by atoms with Gasteiger partial charge in [0.2, 0.25) is 0 Å². The smallest absolute Gasteiger partial charge is 0.410 e. The van der Waals surface area contributed by atoms with Crippen LogP contribution in [0.5, 0.6) is 0 Å². The number of rotatable bonds is 11. The number of alkyl carbamates (subject to hydrolysis) is 1. The van der Waals surface area contributed by atoms with Crippen molar-refractivity contribution in [3.63, 3.8) is 0 Å². The first-order valence-electron chi connectivity index (χ1n) is 11.8. The van der Waals surface area contributed by atoms with E-state index >= 15 is 0 Å². The van der Waals surface area contributed by atoms with E-state index in [1.165, 1.54) is 5.56 Å². The molecule has 0 saturated carbocycles. The molecule has 0 fully saturated rings. The third-order valence-corrected chi connectivity index (χ3v) is 5.93. The Bertz CT molecular complexity index is 1020. The second kappa shape index (κ2) is 11.7. The number of ether oxygens (including phenoxy) is 2. The quantitative estimate of drug-likeness (QED) is 0.292. The number of para-hydroxylation sites is 1. The maximum atomic E-state index is 12.1. The Balaban J connectivity index is 1.51. The van der Waals surface area contributed by atoms with Gasteiger partial charge in [0.15, 0.2) is 0 Å². The molecule has 1 aliphatic rings. The minimum atomic E-state index is -0.962. The molecule has 34 heavy (non-hydrogen) atoms. The average molecular weight is 472 g/mol. The average Bonchev–Trinajstić information content (AvgIpc) is 3.23. The number of aryl methyl sites for hydroxylation is 1. The lowest BCUT2D eigenvalue weighted by Gasteiger charge is -2.21. The van der Waals surface area contributed by atoms with Crippen molar-refractivity contribution in [1.29, 1.82) is 0 Å². The van der Waals surface area contributed by atoms with Crippen LogP contribution in [0, 0.1) is 11.8 Å². The lowest BCUT2D eigenvalue weighted by atomic mass is 9.94. The molecule has 0 radical (unpaired) electrons. The summed E-state index contributed by atoms with van der Waals surface area (Å²) in [5, 5.41) is 12.3. The zero-order chi connectivity index (χ0) is 24.7. The molecule has 2 aromatic rings. The molecule has 1 aliphatic heterocycles. The lowest BCUT2D eigenvalue weighted by Crippen LogP contribution is -2.35. The molecule has 9 heteroatoms.